The smallest absolute Gasteiger partial charge is 0.387 e. The van der Waals surface area contributed by atoms with Gasteiger partial charge in [-0.15, -0.1) is 0 Å². The van der Waals surface area contributed by atoms with E-state index in [9.17, 15) is 17.6 Å². The lowest BCUT2D eigenvalue weighted by molar-refractivity contribution is -0.0543. The number of nitrogens with zero attached hydrogens (tertiary/aromatic N) is 1. The van der Waals surface area contributed by atoms with Crippen molar-refractivity contribution in [3.63, 3.8) is 0 Å². The van der Waals surface area contributed by atoms with Crippen molar-refractivity contribution in [2.24, 2.45) is 5.10 Å². The number of halogens is 4. The summed E-state index contributed by atoms with van der Waals surface area (Å²) in [6.07, 6.45) is 1.24. The van der Waals surface area contributed by atoms with Crippen LogP contribution in [0.25, 0.3) is 0 Å². The molecule has 0 unspecified atom stereocenters. The Morgan fingerprint density at radius 2 is 1.75 bits per heavy atom. The van der Waals surface area contributed by atoms with Gasteiger partial charge in [0.1, 0.15) is 11.5 Å². The minimum atomic E-state index is -3.11. The van der Waals surface area contributed by atoms with Gasteiger partial charge in [0.25, 0.3) is 0 Å². The highest BCUT2D eigenvalue weighted by Gasteiger charge is 2.12. The lowest BCUT2D eigenvalue weighted by atomic mass is 10.2. The van der Waals surface area contributed by atoms with Crippen molar-refractivity contribution in [1.82, 2.24) is 0 Å². The summed E-state index contributed by atoms with van der Waals surface area (Å²) in [4.78, 5) is 0. The van der Waals surface area contributed by atoms with Gasteiger partial charge in [-0.2, -0.15) is 22.7 Å². The molecule has 2 rings (SSSR count). The van der Waals surface area contributed by atoms with E-state index in [1.54, 1.807) is 6.07 Å². The van der Waals surface area contributed by atoms with E-state index in [1.165, 1.54) is 18.3 Å². The van der Waals surface area contributed by atoms with Crippen LogP contribution in [0.3, 0.4) is 0 Å². The topological polar surface area (TPSA) is 42.9 Å². The summed E-state index contributed by atoms with van der Waals surface area (Å²) < 4.78 is 57.8. The van der Waals surface area contributed by atoms with Gasteiger partial charge in [0, 0.05) is 11.6 Å². The van der Waals surface area contributed by atoms with E-state index in [1.807, 2.05) is 25.1 Å². The van der Waals surface area contributed by atoms with Crippen LogP contribution in [0.5, 0.6) is 11.5 Å². The summed E-state index contributed by atoms with van der Waals surface area (Å²) in [5, 5.41) is 3.92. The second-order valence-electron chi connectivity index (χ2n) is 4.70. The molecule has 0 aliphatic rings. The van der Waals surface area contributed by atoms with Gasteiger partial charge in [0.15, 0.2) is 0 Å². The molecule has 24 heavy (non-hydrogen) atoms. The van der Waals surface area contributed by atoms with E-state index in [0.717, 1.165) is 11.6 Å². The number of alkyl halides is 4. The summed E-state index contributed by atoms with van der Waals surface area (Å²) in [5.74, 6) is -0.609. The first-order chi connectivity index (χ1) is 11.4. The fraction of sp³-hybridized carbons (Fsp3) is 0.188. The Morgan fingerprint density at radius 3 is 2.42 bits per heavy atom. The summed E-state index contributed by atoms with van der Waals surface area (Å²) >= 11 is 0. The number of aryl methyl sites for hydroxylation is 1. The van der Waals surface area contributed by atoms with Gasteiger partial charge < -0.3 is 9.47 Å². The van der Waals surface area contributed by atoms with Crippen LogP contribution in [-0.2, 0) is 0 Å². The molecule has 1 N–H and O–H groups in total. The lowest BCUT2D eigenvalue weighted by Gasteiger charge is -2.11. The van der Waals surface area contributed by atoms with E-state index in [4.69, 9.17) is 0 Å². The predicted octanol–water partition coefficient (Wildman–Crippen LogP) is 4.64. The number of anilines is 1. The molecule has 0 aromatic heterocycles. The fourth-order valence-corrected chi connectivity index (χ4v) is 1.89. The average molecular weight is 342 g/mol. The van der Waals surface area contributed by atoms with Crippen molar-refractivity contribution in [3.05, 3.63) is 53.6 Å². The maximum atomic E-state index is 12.5. The molecule has 0 saturated heterocycles. The van der Waals surface area contributed by atoms with Crippen LogP contribution in [0.4, 0.5) is 23.2 Å². The van der Waals surface area contributed by atoms with Crippen LogP contribution in [0.2, 0.25) is 0 Å². The van der Waals surface area contributed by atoms with Crippen LogP contribution in [0.1, 0.15) is 11.1 Å². The van der Waals surface area contributed by atoms with Crippen molar-refractivity contribution in [2.45, 2.75) is 20.1 Å². The average Bonchev–Trinajstić information content (AvgIpc) is 2.48. The van der Waals surface area contributed by atoms with Crippen molar-refractivity contribution < 1.29 is 27.0 Å². The second kappa shape index (κ2) is 8.19. The predicted molar refractivity (Wildman–Crippen MR) is 82.1 cm³/mol. The van der Waals surface area contributed by atoms with Crippen LogP contribution in [0, 0.1) is 6.92 Å². The highest BCUT2D eigenvalue weighted by atomic mass is 19.3. The molecular formula is C16H14F4N2O2. The molecular weight excluding hydrogens is 328 g/mol. The summed E-state index contributed by atoms with van der Waals surface area (Å²) in [6, 6.07) is 10.8. The normalized spacial score (nSPS) is 11.3. The first-order valence-corrected chi connectivity index (χ1v) is 6.83. The molecule has 2 aromatic rings. The van der Waals surface area contributed by atoms with Crippen molar-refractivity contribution in [3.8, 4) is 11.5 Å². The standard InChI is InChI=1S/C16H14F4N2O2/c1-10-3-2-4-12(7-10)22-21-9-11-5-6-13(23-15(17)18)8-14(11)24-16(19)20/h2-9,15-16,22H,1H3/b21-9-. The SMILES string of the molecule is Cc1cccc(N/N=C\c2ccc(OC(F)F)cc2OC(F)F)c1. The van der Waals surface area contributed by atoms with Gasteiger partial charge in [-0.25, -0.2) is 0 Å². The number of ether oxygens (including phenoxy) is 2. The molecule has 0 spiro atoms. The molecule has 0 heterocycles. The minimum absolute atomic E-state index is 0.178. The summed E-state index contributed by atoms with van der Waals surface area (Å²) in [6.45, 7) is -4.26. The van der Waals surface area contributed by atoms with Crippen LogP contribution in [0.15, 0.2) is 47.6 Å². The van der Waals surface area contributed by atoms with Crippen molar-refractivity contribution in [1.29, 1.82) is 0 Å². The third-order valence-electron chi connectivity index (χ3n) is 2.84. The molecule has 0 atom stereocenters. The zero-order valence-electron chi connectivity index (χ0n) is 12.5. The molecule has 2 aromatic carbocycles. The summed E-state index contributed by atoms with van der Waals surface area (Å²) in [5.41, 5.74) is 4.64. The Balaban J connectivity index is 2.16. The Labute approximate surface area is 135 Å². The van der Waals surface area contributed by atoms with E-state index in [2.05, 4.69) is 20.0 Å². The molecule has 4 nitrogen and oxygen atoms in total. The van der Waals surface area contributed by atoms with Crippen LogP contribution in [-0.4, -0.2) is 19.4 Å². The number of hydrogen-bond acceptors (Lipinski definition) is 4. The monoisotopic (exact) mass is 342 g/mol. The highest BCUT2D eigenvalue weighted by molar-refractivity contribution is 5.84. The first-order valence-electron chi connectivity index (χ1n) is 6.83. The molecule has 0 fully saturated rings. The number of hydrogen-bond donors (Lipinski definition) is 1. The molecule has 128 valence electrons. The molecule has 0 saturated carbocycles. The van der Waals surface area contributed by atoms with E-state index < -0.39 is 13.2 Å². The Bertz CT molecular complexity index is 708. The number of benzene rings is 2. The highest BCUT2D eigenvalue weighted by Crippen LogP contribution is 2.26. The zero-order valence-corrected chi connectivity index (χ0v) is 12.5. The molecule has 0 bridgehead atoms. The third-order valence-corrected chi connectivity index (χ3v) is 2.84. The Kier molecular flexibility index (Phi) is 6.00. The van der Waals surface area contributed by atoms with Crippen LogP contribution >= 0.6 is 0 Å². The van der Waals surface area contributed by atoms with Gasteiger partial charge in [-0.3, -0.25) is 5.43 Å². The van der Waals surface area contributed by atoms with E-state index in [-0.39, 0.29) is 17.1 Å². The van der Waals surface area contributed by atoms with Gasteiger partial charge in [-0.1, -0.05) is 12.1 Å². The number of nitrogens with one attached hydrogen (secondary N) is 1. The van der Waals surface area contributed by atoms with E-state index >= 15 is 0 Å². The molecule has 0 aliphatic carbocycles. The van der Waals surface area contributed by atoms with Gasteiger partial charge in [0.05, 0.1) is 11.9 Å². The van der Waals surface area contributed by atoms with Gasteiger partial charge >= 0.3 is 13.2 Å². The molecule has 8 heteroatoms. The molecule has 0 radical (unpaired) electrons. The van der Waals surface area contributed by atoms with Crippen molar-refractivity contribution >= 4 is 11.9 Å². The lowest BCUT2D eigenvalue weighted by Crippen LogP contribution is -2.07. The zero-order chi connectivity index (χ0) is 17.5. The molecule has 0 amide bonds. The number of rotatable bonds is 7. The van der Waals surface area contributed by atoms with Crippen LogP contribution < -0.4 is 14.9 Å². The maximum absolute atomic E-state index is 12.5. The largest absolute Gasteiger partial charge is 0.435 e. The second-order valence-corrected chi connectivity index (χ2v) is 4.70. The van der Waals surface area contributed by atoms with Gasteiger partial charge in [0.2, 0.25) is 0 Å². The first kappa shape index (κ1) is 17.6. The Morgan fingerprint density at radius 1 is 1.00 bits per heavy atom. The van der Waals surface area contributed by atoms with E-state index in [0.29, 0.717) is 5.69 Å². The Hall–Kier alpha value is -2.77. The maximum Gasteiger partial charge on any atom is 0.387 e. The fourth-order valence-electron chi connectivity index (χ4n) is 1.89. The van der Waals surface area contributed by atoms with Crippen molar-refractivity contribution in [2.75, 3.05) is 5.43 Å². The third kappa shape index (κ3) is 5.45. The number of hydrazone groups is 1. The molecule has 0 aliphatic heterocycles. The quantitative estimate of drug-likeness (QED) is 0.453. The summed E-state index contributed by atoms with van der Waals surface area (Å²) in [7, 11) is 0. The minimum Gasteiger partial charge on any atom is -0.435 e. The van der Waals surface area contributed by atoms with Gasteiger partial charge in [-0.05, 0) is 36.8 Å².